The van der Waals surface area contributed by atoms with Crippen LogP contribution >= 0.6 is 0 Å². The molecule has 2 amide bonds. The van der Waals surface area contributed by atoms with Gasteiger partial charge in [0, 0.05) is 19.6 Å². The number of ether oxygens (including phenoxy) is 1. The van der Waals surface area contributed by atoms with Crippen LogP contribution in [0.3, 0.4) is 0 Å². The average molecular weight is 423 g/mol. The summed E-state index contributed by atoms with van der Waals surface area (Å²) < 4.78 is 5.64. The van der Waals surface area contributed by atoms with E-state index in [9.17, 15) is 9.59 Å². The lowest BCUT2D eigenvalue weighted by Crippen LogP contribution is -2.46. The van der Waals surface area contributed by atoms with E-state index < -0.39 is 0 Å². The second kappa shape index (κ2) is 11.0. The van der Waals surface area contributed by atoms with Crippen molar-refractivity contribution in [2.75, 3.05) is 26.2 Å². The quantitative estimate of drug-likeness (QED) is 0.700. The van der Waals surface area contributed by atoms with E-state index in [1.807, 2.05) is 35.2 Å². The summed E-state index contributed by atoms with van der Waals surface area (Å²) in [7, 11) is 0. The molecule has 0 bridgehead atoms. The van der Waals surface area contributed by atoms with Gasteiger partial charge in [-0.15, -0.1) is 0 Å². The smallest absolute Gasteiger partial charge is 0.226 e. The fourth-order valence-corrected chi connectivity index (χ4v) is 4.41. The van der Waals surface area contributed by atoms with Gasteiger partial charge in [-0.1, -0.05) is 35.9 Å². The first kappa shape index (κ1) is 22.9. The van der Waals surface area contributed by atoms with Crippen LogP contribution in [0, 0.1) is 26.7 Å². The van der Waals surface area contributed by atoms with Gasteiger partial charge >= 0.3 is 0 Å². The molecule has 166 valence electrons. The molecule has 0 spiro atoms. The first-order valence-electron chi connectivity index (χ1n) is 11.2. The van der Waals surface area contributed by atoms with Crippen molar-refractivity contribution in [2.45, 2.75) is 46.5 Å². The molecule has 0 radical (unpaired) electrons. The number of aryl methyl sites for hydroxylation is 3. The third kappa shape index (κ3) is 6.58. The number of benzene rings is 2. The summed E-state index contributed by atoms with van der Waals surface area (Å²) >= 11 is 0. The van der Waals surface area contributed by atoms with E-state index in [1.54, 1.807) is 0 Å². The van der Waals surface area contributed by atoms with Crippen molar-refractivity contribution in [3.05, 3.63) is 64.7 Å². The number of para-hydroxylation sites is 1. The SMILES string of the molecule is Cc1cc(C)c(CCNC(=O)C2CCCN(C(=O)CCOc3ccccc3)C2)c(C)c1. The van der Waals surface area contributed by atoms with Crippen molar-refractivity contribution in [1.82, 2.24) is 10.2 Å². The Bertz CT molecular complexity index is 872. The van der Waals surface area contributed by atoms with Gasteiger partial charge in [-0.2, -0.15) is 0 Å². The third-order valence-corrected chi connectivity index (χ3v) is 5.99. The zero-order valence-corrected chi connectivity index (χ0v) is 18.9. The van der Waals surface area contributed by atoms with Crippen LogP contribution in [-0.4, -0.2) is 43.0 Å². The first-order chi connectivity index (χ1) is 14.9. The maximum Gasteiger partial charge on any atom is 0.226 e. The van der Waals surface area contributed by atoms with Crippen molar-refractivity contribution in [3.63, 3.8) is 0 Å². The molecule has 0 aliphatic carbocycles. The van der Waals surface area contributed by atoms with Crippen LogP contribution in [0.4, 0.5) is 0 Å². The van der Waals surface area contributed by atoms with E-state index in [-0.39, 0.29) is 17.7 Å². The number of hydrogen-bond donors (Lipinski definition) is 1. The standard InChI is InChI=1S/C26H34N2O3/c1-19-16-20(2)24(21(3)17-19)11-13-27-26(30)22-8-7-14-28(18-22)25(29)12-15-31-23-9-5-4-6-10-23/h4-6,9-10,16-17,22H,7-8,11-15,18H2,1-3H3,(H,27,30). The molecule has 1 atom stereocenters. The second-order valence-electron chi connectivity index (χ2n) is 8.51. The van der Waals surface area contributed by atoms with E-state index >= 15 is 0 Å². The molecule has 2 aromatic rings. The summed E-state index contributed by atoms with van der Waals surface area (Å²) in [4.78, 5) is 27.1. The van der Waals surface area contributed by atoms with Gasteiger partial charge in [-0.25, -0.2) is 0 Å². The fourth-order valence-electron chi connectivity index (χ4n) is 4.41. The van der Waals surface area contributed by atoms with E-state index in [0.717, 1.165) is 31.6 Å². The number of rotatable bonds is 8. The van der Waals surface area contributed by atoms with Gasteiger partial charge in [0.1, 0.15) is 5.75 Å². The molecular formula is C26H34N2O3. The van der Waals surface area contributed by atoms with Gasteiger partial charge in [-0.3, -0.25) is 9.59 Å². The topological polar surface area (TPSA) is 58.6 Å². The monoisotopic (exact) mass is 422 g/mol. The molecule has 0 aromatic heterocycles. The molecule has 1 aliphatic rings. The largest absolute Gasteiger partial charge is 0.493 e. The highest BCUT2D eigenvalue weighted by atomic mass is 16.5. The van der Waals surface area contributed by atoms with Crippen LogP contribution < -0.4 is 10.1 Å². The predicted octanol–water partition coefficient (Wildman–Crippen LogP) is 3.98. The summed E-state index contributed by atoms with van der Waals surface area (Å²) in [5, 5.41) is 3.09. The molecule has 2 aromatic carbocycles. The third-order valence-electron chi connectivity index (χ3n) is 5.99. The number of nitrogens with one attached hydrogen (secondary N) is 1. The Balaban J connectivity index is 1.43. The van der Waals surface area contributed by atoms with E-state index in [2.05, 4.69) is 38.2 Å². The Hall–Kier alpha value is -2.82. The van der Waals surface area contributed by atoms with Crippen molar-refractivity contribution in [1.29, 1.82) is 0 Å². The second-order valence-corrected chi connectivity index (χ2v) is 8.51. The summed E-state index contributed by atoms with van der Waals surface area (Å²) in [6.45, 7) is 8.56. The number of likely N-dealkylation sites (tertiary alicyclic amines) is 1. The van der Waals surface area contributed by atoms with Crippen LogP contribution in [0.5, 0.6) is 5.75 Å². The van der Waals surface area contributed by atoms with Crippen molar-refractivity contribution in [2.24, 2.45) is 5.92 Å². The lowest BCUT2D eigenvalue weighted by molar-refractivity contribution is -0.136. The molecule has 1 N–H and O–H groups in total. The molecule has 1 unspecified atom stereocenters. The summed E-state index contributed by atoms with van der Waals surface area (Å²) in [5.74, 6) is 0.748. The molecule has 3 rings (SSSR count). The minimum absolute atomic E-state index is 0.0549. The van der Waals surface area contributed by atoms with Crippen molar-refractivity contribution < 1.29 is 14.3 Å². The summed E-state index contributed by atoms with van der Waals surface area (Å²) in [6.07, 6.45) is 2.85. The zero-order chi connectivity index (χ0) is 22.2. The number of nitrogens with zero attached hydrogens (tertiary/aromatic N) is 1. The molecule has 1 fully saturated rings. The number of carbonyl (C=O) groups is 2. The Morgan fingerprint density at radius 1 is 1.10 bits per heavy atom. The molecule has 31 heavy (non-hydrogen) atoms. The van der Waals surface area contributed by atoms with Gasteiger partial charge in [0.15, 0.2) is 0 Å². The van der Waals surface area contributed by atoms with Gasteiger partial charge in [0.25, 0.3) is 0 Å². The summed E-state index contributed by atoms with van der Waals surface area (Å²) in [5.41, 5.74) is 5.13. The van der Waals surface area contributed by atoms with Crippen LogP contribution in [0.1, 0.15) is 41.5 Å². The fraction of sp³-hybridized carbons (Fsp3) is 0.462. The number of amides is 2. The van der Waals surface area contributed by atoms with Crippen LogP contribution in [0.25, 0.3) is 0 Å². The van der Waals surface area contributed by atoms with Crippen molar-refractivity contribution in [3.8, 4) is 5.75 Å². The molecule has 1 aliphatic heterocycles. The average Bonchev–Trinajstić information content (AvgIpc) is 2.76. The number of hydrogen-bond acceptors (Lipinski definition) is 3. The van der Waals surface area contributed by atoms with Crippen LogP contribution in [0.2, 0.25) is 0 Å². The van der Waals surface area contributed by atoms with E-state index in [0.29, 0.717) is 26.1 Å². The maximum absolute atomic E-state index is 12.7. The molecule has 5 heteroatoms. The van der Waals surface area contributed by atoms with Crippen LogP contribution in [-0.2, 0) is 16.0 Å². The highest BCUT2D eigenvalue weighted by Crippen LogP contribution is 2.19. The molecule has 1 saturated heterocycles. The maximum atomic E-state index is 12.7. The number of carbonyl (C=O) groups excluding carboxylic acids is 2. The van der Waals surface area contributed by atoms with Gasteiger partial charge < -0.3 is 15.0 Å². The molecule has 1 heterocycles. The zero-order valence-electron chi connectivity index (χ0n) is 18.9. The minimum atomic E-state index is -0.132. The molecule has 0 saturated carbocycles. The highest BCUT2D eigenvalue weighted by Gasteiger charge is 2.28. The van der Waals surface area contributed by atoms with Gasteiger partial charge in [-0.05, 0) is 68.9 Å². The van der Waals surface area contributed by atoms with E-state index in [1.165, 1.54) is 22.3 Å². The van der Waals surface area contributed by atoms with Gasteiger partial charge in [0.2, 0.25) is 11.8 Å². The first-order valence-corrected chi connectivity index (χ1v) is 11.2. The van der Waals surface area contributed by atoms with Crippen molar-refractivity contribution >= 4 is 11.8 Å². The van der Waals surface area contributed by atoms with Gasteiger partial charge in [0.05, 0.1) is 18.9 Å². The Morgan fingerprint density at radius 2 is 1.81 bits per heavy atom. The molecule has 5 nitrogen and oxygen atoms in total. The summed E-state index contributed by atoms with van der Waals surface area (Å²) in [6, 6.07) is 13.9. The normalized spacial score (nSPS) is 16.1. The van der Waals surface area contributed by atoms with E-state index in [4.69, 9.17) is 4.74 Å². The Labute approximate surface area is 185 Å². The predicted molar refractivity (Wildman–Crippen MR) is 123 cm³/mol. The Kier molecular flexibility index (Phi) is 8.10. The number of piperidine rings is 1. The minimum Gasteiger partial charge on any atom is -0.493 e. The van der Waals surface area contributed by atoms with Crippen LogP contribution in [0.15, 0.2) is 42.5 Å². The lowest BCUT2D eigenvalue weighted by Gasteiger charge is -2.32. The molecular weight excluding hydrogens is 388 g/mol. The lowest BCUT2D eigenvalue weighted by atomic mass is 9.96. The highest BCUT2D eigenvalue weighted by molar-refractivity contribution is 5.81. The Morgan fingerprint density at radius 3 is 2.52 bits per heavy atom.